The summed E-state index contributed by atoms with van der Waals surface area (Å²) in [4.78, 5) is 14.9. The van der Waals surface area contributed by atoms with Crippen molar-refractivity contribution in [1.29, 1.82) is 0 Å². The molecule has 1 fully saturated rings. The van der Waals surface area contributed by atoms with Crippen LogP contribution in [0.3, 0.4) is 0 Å². The van der Waals surface area contributed by atoms with Gasteiger partial charge in [0.15, 0.2) is 0 Å². The third-order valence-corrected chi connectivity index (χ3v) is 3.60. The molecule has 8 nitrogen and oxygen atoms in total. The van der Waals surface area contributed by atoms with Crippen LogP contribution in [-0.4, -0.2) is 47.4 Å². The van der Waals surface area contributed by atoms with Gasteiger partial charge in [-0.3, -0.25) is 5.43 Å². The Kier molecular flexibility index (Phi) is 5.13. The quantitative estimate of drug-likeness (QED) is 0.591. The topological polar surface area (TPSA) is 98.4 Å². The van der Waals surface area contributed by atoms with E-state index >= 15 is 0 Å². The maximum atomic E-state index is 5.60. The van der Waals surface area contributed by atoms with Gasteiger partial charge in [-0.2, -0.15) is 15.0 Å². The van der Waals surface area contributed by atoms with Crippen molar-refractivity contribution in [2.75, 3.05) is 37.1 Å². The molecule has 1 aromatic heterocycles. The van der Waals surface area contributed by atoms with Gasteiger partial charge in [0.25, 0.3) is 0 Å². The second-order valence-electron chi connectivity index (χ2n) is 5.41. The zero-order chi connectivity index (χ0) is 15.3. The number of piperidine rings is 1. The van der Waals surface area contributed by atoms with E-state index in [0.717, 1.165) is 32.4 Å². The highest BCUT2D eigenvalue weighted by atomic mass is 16.5. The number of rotatable bonds is 6. The molecule has 0 aliphatic carbocycles. The molecule has 21 heavy (non-hydrogen) atoms. The van der Waals surface area contributed by atoms with Crippen molar-refractivity contribution >= 4 is 11.9 Å². The fourth-order valence-electron chi connectivity index (χ4n) is 2.35. The van der Waals surface area contributed by atoms with E-state index in [1.165, 1.54) is 0 Å². The van der Waals surface area contributed by atoms with Crippen LogP contribution in [0.5, 0.6) is 6.01 Å². The summed E-state index contributed by atoms with van der Waals surface area (Å²) in [7, 11) is 1.74. The molecule has 2 heterocycles. The summed E-state index contributed by atoms with van der Waals surface area (Å²) < 4.78 is 11.1. The first-order valence-corrected chi connectivity index (χ1v) is 7.26. The number of nitrogen functional groups attached to an aromatic ring is 1. The Morgan fingerprint density at radius 2 is 2.19 bits per heavy atom. The molecular weight excluding hydrogens is 272 g/mol. The Balaban J connectivity index is 2.21. The molecule has 1 unspecified atom stereocenters. The van der Waals surface area contributed by atoms with Gasteiger partial charge < -0.3 is 14.4 Å². The predicted octanol–water partition coefficient (Wildman–Crippen LogP) is 0.951. The highest BCUT2D eigenvalue weighted by Gasteiger charge is 2.32. The van der Waals surface area contributed by atoms with E-state index in [1.807, 2.05) is 6.92 Å². The minimum absolute atomic E-state index is 0.189. The van der Waals surface area contributed by atoms with Gasteiger partial charge in [0.05, 0.1) is 12.2 Å². The van der Waals surface area contributed by atoms with Crippen molar-refractivity contribution in [3.63, 3.8) is 0 Å². The molecule has 8 heteroatoms. The summed E-state index contributed by atoms with van der Waals surface area (Å²) in [5.41, 5.74) is 2.27. The van der Waals surface area contributed by atoms with Crippen molar-refractivity contribution in [1.82, 2.24) is 15.0 Å². The van der Waals surface area contributed by atoms with Crippen molar-refractivity contribution in [2.24, 2.45) is 5.84 Å². The van der Waals surface area contributed by atoms with Crippen LogP contribution in [-0.2, 0) is 4.74 Å². The largest absolute Gasteiger partial charge is 0.463 e. The lowest BCUT2D eigenvalue weighted by Crippen LogP contribution is -2.48. The fourth-order valence-corrected chi connectivity index (χ4v) is 2.35. The van der Waals surface area contributed by atoms with Crippen LogP contribution in [0.1, 0.15) is 33.1 Å². The SMILES string of the molecule is CCCOc1nc(NN)nc(N2CCCC(C)(OC)C2)n1. The van der Waals surface area contributed by atoms with Gasteiger partial charge in [0, 0.05) is 20.2 Å². The zero-order valence-electron chi connectivity index (χ0n) is 12.9. The number of hydrogen-bond donors (Lipinski definition) is 2. The third-order valence-electron chi connectivity index (χ3n) is 3.60. The Morgan fingerprint density at radius 1 is 1.38 bits per heavy atom. The Hall–Kier alpha value is -1.67. The number of hydrazine groups is 1. The second kappa shape index (κ2) is 6.86. The number of nitrogens with one attached hydrogen (secondary N) is 1. The van der Waals surface area contributed by atoms with Crippen LogP contribution < -0.4 is 20.9 Å². The van der Waals surface area contributed by atoms with E-state index in [4.69, 9.17) is 15.3 Å². The molecule has 0 spiro atoms. The minimum atomic E-state index is -0.189. The van der Waals surface area contributed by atoms with Gasteiger partial charge >= 0.3 is 6.01 Å². The first kappa shape index (κ1) is 15.7. The van der Waals surface area contributed by atoms with Gasteiger partial charge in [-0.15, -0.1) is 0 Å². The second-order valence-corrected chi connectivity index (χ2v) is 5.41. The van der Waals surface area contributed by atoms with Crippen molar-refractivity contribution in [3.8, 4) is 6.01 Å². The zero-order valence-corrected chi connectivity index (χ0v) is 12.9. The number of ether oxygens (including phenoxy) is 2. The van der Waals surface area contributed by atoms with Crippen molar-refractivity contribution in [2.45, 2.75) is 38.7 Å². The highest BCUT2D eigenvalue weighted by molar-refractivity contribution is 5.38. The minimum Gasteiger partial charge on any atom is -0.463 e. The van der Waals surface area contributed by atoms with Gasteiger partial charge in [-0.25, -0.2) is 5.84 Å². The van der Waals surface area contributed by atoms with Crippen LogP contribution >= 0.6 is 0 Å². The van der Waals surface area contributed by atoms with Gasteiger partial charge in [-0.1, -0.05) is 6.92 Å². The maximum Gasteiger partial charge on any atom is 0.323 e. The first-order chi connectivity index (χ1) is 10.1. The molecule has 0 bridgehead atoms. The smallest absolute Gasteiger partial charge is 0.323 e. The Bertz CT molecular complexity index is 472. The van der Waals surface area contributed by atoms with Crippen LogP contribution in [0.4, 0.5) is 11.9 Å². The lowest BCUT2D eigenvalue weighted by Gasteiger charge is -2.39. The first-order valence-electron chi connectivity index (χ1n) is 7.26. The summed E-state index contributed by atoms with van der Waals surface area (Å²) in [5, 5.41) is 0. The number of anilines is 2. The van der Waals surface area contributed by atoms with Gasteiger partial charge in [0.2, 0.25) is 11.9 Å². The molecule has 3 N–H and O–H groups in total. The average molecular weight is 296 g/mol. The number of methoxy groups -OCH3 is 1. The summed E-state index contributed by atoms with van der Waals surface area (Å²) in [6, 6.07) is 0.291. The normalized spacial score (nSPS) is 22.2. The number of hydrogen-bond acceptors (Lipinski definition) is 8. The molecule has 118 valence electrons. The van der Waals surface area contributed by atoms with Gasteiger partial charge in [-0.05, 0) is 26.2 Å². The predicted molar refractivity (Wildman–Crippen MR) is 80.3 cm³/mol. The Morgan fingerprint density at radius 3 is 2.86 bits per heavy atom. The number of nitrogens with zero attached hydrogens (tertiary/aromatic N) is 4. The standard InChI is InChI=1S/C13H24N6O2/c1-4-8-21-12-16-10(18-14)15-11(17-12)19-7-5-6-13(2,9-19)20-3/h4-9,14H2,1-3H3,(H,15,16,17,18). The summed E-state index contributed by atoms with van der Waals surface area (Å²) in [6.45, 7) is 6.28. The number of nitrogens with two attached hydrogens (primary N) is 1. The number of aromatic nitrogens is 3. The lowest BCUT2D eigenvalue weighted by atomic mass is 9.95. The van der Waals surface area contributed by atoms with Crippen LogP contribution in [0.2, 0.25) is 0 Å². The van der Waals surface area contributed by atoms with Crippen LogP contribution in [0, 0.1) is 0 Å². The molecule has 1 saturated heterocycles. The monoisotopic (exact) mass is 296 g/mol. The van der Waals surface area contributed by atoms with Crippen molar-refractivity contribution < 1.29 is 9.47 Å². The van der Waals surface area contributed by atoms with Crippen molar-refractivity contribution in [3.05, 3.63) is 0 Å². The van der Waals surface area contributed by atoms with Gasteiger partial charge in [0.1, 0.15) is 0 Å². The van der Waals surface area contributed by atoms with E-state index in [9.17, 15) is 0 Å². The maximum absolute atomic E-state index is 5.60. The molecule has 1 aromatic rings. The van der Waals surface area contributed by atoms with Crippen LogP contribution in [0.15, 0.2) is 0 Å². The fraction of sp³-hybridized carbons (Fsp3) is 0.769. The molecule has 0 aromatic carbocycles. The van der Waals surface area contributed by atoms with E-state index in [-0.39, 0.29) is 5.60 Å². The van der Waals surface area contributed by atoms with Crippen LogP contribution in [0.25, 0.3) is 0 Å². The summed E-state index contributed by atoms with van der Waals surface area (Å²) >= 11 is 0. The molecule has 2 rings (SSSR count). The summed E-state index contributed by atoms with van der Waals surface area (Å²) in [6.07, 6.45) is 2.93. The highest BCUT2D eigenvalue weighted by Crippen LogP contribution is 2.27. The molecule has 1 aliphatic rings. The third kappa shape index (κ3) is 3.92. The molecular formula is C13H24N6O2. The average Bonchev–Trinajstić information content (AvgIpc) is 2.52. The summed E-state index contributed by atoms with van der Waals surface area (Å²) in [5.74, 6) is 6.29. The molecule has 0 amide bonds. The Labute approximate surface area is 125 Å². The van der Waals surface area contributed by atoms with E-state index in [0.29, 0.717) is 24.5 Å². The van der Waals surface area contributed by atoms with E-state index in [1.54, 1.807) is 7.11 Å². The lowest BCUT2D eigenvalue weighted by molar-refractivity contribution is -0.00502. The molecule has 1 atom stereocenters. The van der Waals surface area contributed by atoms with E-state index < -0.39 is 0 Å². The van der Waals surface area contributed by atoms with E-state index in [2.05, 4.69) is 32.2 Å². The molecule has 0 saturated carbocycles. The molecule has 1 aliphatic heterocycles. The molecule has 0 radical (unpaired) electrons.